The van der Waals surface area contributed by atoms with E-state index in [1.54, 1.807) is 12.1 Å². The van der Waals surface area contributed by atoms with Crippen molar-refractivity contribution >= 4 is 10.0 Å². The van der Waals surface area contributed by atoms with Crippen LogP contribution in [0.3, 0.4) is 0 Å². The van der Waals surface area contributed by atoms with Crippen LogP contribution in [-0.4, -0.2) is 27.7 Å². The van der Waals surface area contributed by atoms with Crippen LogP contribution < -0.4 is 14.2 Å². The number of hydrogen-bond acceptors (Lipinski definition) is 4. The molecule has 1 aliphatic rings. The number of halogens is 1. The van der Waals surface area contributed by atoms with E-state index in [2.05, 4.69) is 4.72 Å². The van der Waals surface area contributed by atoms with Crippen LogP contribution in [0.5, 0.6) is 11.5 Å². The van der Waals surface area contributed by atoms with Gasteiger partial charge in [0.2, 0.25) is 10.0 Å². The van der Waals surface area contributed by atoms with Gasteiger partial charge >= 0.3 is 0 Å². The lowest BCUT2D eigenvalue weighted by atomic mass is 10.2. The fourth-order valence-corrected chi connectivity index (χ4v) is 3.13. The second kappa shape index (κ2) is 5.94. The zero-order chi connectivity index (χ0) is 15.6. The molecular weight excluding hydrogens is 309 g/mol. The second-order valence-electron chi connectivity index (χ2n) is 4.80. The molecule has 1 N–H and O–H groups in total. The second-order valence-corrected chi connectivity index (χ2v) is 6.57. The van der Waals surface area contributed by atoms with Crippen LogP contribution in [0.4, 0.5) is 4.39 Å². The molecule has 116 valence electrons. The molecule has 0 aliphatic carbocycles. The van der Waals surface area contributed by atoms with E-state index in [1.807, 2.05) is 12.1 Å². The van der Waals surface area contributed by atoms with E-state index in [0.717, 1.165) is 12.1 Å². The highest BCUT2D eigenvalue weighted by Gasteiger charge is 2.23. The Kier molecular flexibility index (Phi) is 4.00. The Morgan fingerprint density at radius 3 is 2.50 bits per heavy atom. The van der Waals surface area contributed by atoms with Crippen LogP contribution in [0, 0.1) is 5.82 Å². The number of ether oxygens (including phenoxy) is 2. The van der Waals surface area contributed by atoms with Gasteiger partial charge in [-0.1, -0.05) is 12.1 Å². The van der Waals surface area contributed by atoms with E-state index < -0.39 is 21.9 Å². The average molecular weight is 323 g/mol. The van der Waals surface area contributed by atoms with Crippen molar-refractivity contribution in [3.05, 3.63) is 54.3 Å². The van der Waals surface area contributed by atoms with Crippen LogP contribution in [0.15, 0.2) is 53.4 Å². The van der Waals surface area contributed by atoms with Gasteiger partial charge in [-0.25, -0.2) is 17.5 Å². The maximum atomic E-state index is 12.8. The first-order valence-corrected chi connectivity index (χ1v) is 8.17. The summed E-state index contributed by atoms with van der Waals surface area (Å²) >= 11 is 0. The molecule has 0 saturated carbocycles. The Bertz CT molecular complexity index is 761. The van der Waals surface area contributed by atoms with Crippen LogP contribution in [0.2, 0.25) is 0 Å². The lowest BCUT2D eigenvalue weighted by Gasteiger charge is -2.26. The maximum absolute atomic E-state index is 12.8. The molecule has 1 atom stereocenters. The van der Waals surface area contributed by atoms with E-state index in [4.69, 9.17) is 9.47 Å². The van der Waals surface area contributed by atoms with Crippen molar-refractivity contribution in [3.8, 4) is 11.5 Å². The number of benzene rings is 2. The van der Waals surface area contributed by atoms with Crippen LogP contribution in [0.1, 0.15) is 0 Å². The van der Waals surface area contributed by atoms with Crippen molar-refractivity contribution in [1.82, 2.24) is 4.72 Å². The standard InChI is InChI=1S/C15H14FNO4S/c16-11-5-7-13(8-6-11)22(18,19)17-9-12-10-20-14-3-1-2-4-15(14)21-12/h1-8,12,17H,9-10H2. The highest BCUT2D eigenvalue weighted by molar-refractivity contribution is 7.89. The van der Waals surface area contributed by atoms with Gasteiger partial charge in [-0.15, -0.1) is 0 Å². The summed E-state index contributed by atoms with van der Waals surface area (Å²) in [5, 5.41) is 0. The van der Waals surface area contributed by atoms with Crippen molar-refractivity contribution < 1.29 is 22.3 Å². The number of nitrogens with one attached hydrogen (secondary N) is 1. The molecule has 2 aromatic carbocycles. The van der Waals surface area contributed by atoms with Gasteiger partial charge in [0.25, 0.3) is 0 Å². The van der Waals surface area contributed by atoms with Crippen molar-refractivity contribution in [2.45, 2.75) is 11.0 Å². The molecule has 1 unspecified atom stereocenters. The third kappa shape index (κ3) is 3.20. The first-order valence-electron chi connectivity index (χ1n) is 6.68. The van der Waals surface area contributed by atoms with Gasteiger partial charge in [0, 0.05) is 0 Å². The van der Waals surface area contributed by atoms with E-state index in [-0.39, 0.29) is 18.0 Å². The van der Waals surface area contributed by atoms with E-state index >= 15 is 0 Å². The van der Waals surface area contributed by atoms with Crippen molar-refractivity contribution in [2.75, 3.05) is 13.2 Å². The molecule has 2 aromatic rings. The lowest BCUT2D eigenvalue weighted by molar-refractivity contribution is 0.0943. The monoisotopic (exact) mass is 323 g/mol. The smallest absolute Gasteiger partial charge is 0.240 e. The molecule has 1 heterocycles. The normalized spacial score (nSPS) is 17.2. The third-order valence-electron chi connectivity index (χ3n) is 3.19. The van der Waals surface area contributed by atoms with Crippen molar-refractivity contribution in [3.63, 3.8) is 0 Å². The highest BCUT2D eigenvalue weighted by Crippen LogP contribution is 2.30. The highest BCUT2D eigenvalue weighted by atomic mass is 32.2. The number of rotatable bonds is 4. The summed E-state index contributed by atoms with van der Waals surface area (Å²) in [6.07, 6.45) is -0.426. The molecule has 3 rings (SSSR count). The zero-order valence-electron chi connectivity index (χ0n) is 11.5. The molecule has 0 bridgehead atoms. The fraction of sp³-hybridized carbons (Fsp3) is 0.200. The Morgan fingerprint density at radius 2 is 1.77 bits per heavy atom. The van der Waals surface area contributed by atoms with E-state index in [1.165, 1.54) is 12.1 Å². The first kappa shape index (κ1) is 14.8. The Labute approximate surface area is 127 Å². The molecule has 1 aliphatic heterocycles. The summed E-state index contributed by atoms with van der Waals surface area (Å²) in [6, 6.07) is 11.8. The number of sulfonamides is 1. The van der Waals surface area contributed by atoms with Gasteiger partial charge in [0.15, 0.2) is 11.5 Å². The third-order valence-corrected chi connectivity index (χ3v) is 4.63. The van der Waals surface area contributed by atoms with Crippen LogP contribution in [0.25, 0.3) is 0 Å². The number of para-hydroxylation sites is 2. The van der Waals surface area contributed by atoms with Gasteiger partial charge < -0.3 is 9.47 Å². The summed E-state index contributed by atoms with van der Waals surface area (Å²) in [5.74, 6) is 0.736. The number of hydrogen-bond donors (Lipinski definition) is 1. The molecule has 0 fully saturated rings. The summed E-state index contributed by atoms with van der Waals surface area (Å²) in [7, 11) is -3.71. The molecule has 0 amide bonds. The topological polar surface area (TPSA) is 64.6 Å². The largest absolute Gasteiger partial charge is 0.486 e. The lowest BCUT2D eigenvalue weighted by Crippen LogP contribution is -2.40. The predicted octanol–water partition coefficient (Wildman–Crippen LogP) is 1.94. The molecule has 0 spiro atoms. The Hall–Kier alpha value is -2.12. The van der Waals surface area contributed by atoms with E-state index in [0.29, 0.717) is 11.5 Å². The predicted molar refractivity (Wildman–Crippen MR) is 77.9 cm³/mol. The minimum atomic E-state index is -3.71. The van der Waals surface area contributed by atoms with Gasteiger partial charge in [-0.3, -0.25) is 0 Å². The molecule has 0 saturated heterocycles. The van der Waals surface area contributed by atoms with Gasteiger partial charge in [0.05, 0.1) is 11.4 Å². The summed E-state index contributed by atoms with van der Waals surface area (Å²) in [6.45, 7) is 0.316. The fourth-order valence-electron chi connectivity index (χ4n) is 2.06. The number of fused-ring (bicyclic) bond motifs is 1. The Balaban J connectivity index is 1.64. The SMILES string of the molecule is O=S(=O)(NCC1COc2ccccc2O1)c1ccc(F)cc1. The summed E-state index contributed by atoms with van der Waals surface area (Å²) in [5.41, 5.74) is 0. The molecule has 22 heavy (non-hydrogen) atoms. The quantitative estimate of drug-likeness (QED) is 0.934. The van der Waals surface area contributed by atoms with Crippen molar-refractivity contribution in [1.29, 1.82) is 0 Å². The average Bonchev–Trinajstić information content (AvgIpc) is 2.53. The van der Waals surface area contributed by atoms with Crippen LogP contribution >= 0.6 is 0 Å². The molecule has 5 nitrogen and oxygen atoms in total. The van der Waals surface area contributed by atoms with E-state index in [9.17, 15) is 12.8 Å². The maximum Gasteiger partial charge on any atom is 0.240 e. The minimum absolute atomic E-state index is 0.00558. The minimum Gasteiger partial charge on any atom is -0.486 e. The van der Waals surface area contributed by atoms with Gasteiger partial charge in [-0.05, 0) is 36.4 Å². The molecular formula is C15H14FNO4S. The van der Waals surface area contributed by atoms with Gasteiger partial charge in [-0.2, -0.15) is 0 Å². The Morgan fingerprint density at radius 1 is 1.09 bits per heavy atom. The zero-order valence-corrected chi connectivity index (χ0v) is 12.3. The van der Waals surface area contributed by atoms with Crippen LogP contribution in [-0.2, 0) is 10.0 Å². The molecule has 7 heteroatoms. The van der Waals surface area contributed by atoms with Gasteiger partial charge in [0.1, 0.15) is 18.5 Å². The summed E-state index contributed by atoms with van der Waals surface area (Å²) in [4.78, 5) is 0.00558. The molecule has 0 radical (unpaired) electrons. The first-order chi connectivity index (χ1) is 10.5. The van der Waals surface area contributed by atoms with Crippen molar-refractivity contribution in [2.24, 2.45) is 0 Å². The molecule has 0 aromatic heterocycles. The summed E-state index contributed by atoms with van der Waals surface area (Å²) < 4.78 is 50.7.